The topological polar surface area (TPSA) is 49.3 Å². The molecule has 4 heteroatoms. The van der Waals surface area contributed by atoms with Crippen molar-refractivity contribution < 1.29 is 14.3 Å². The molecule has 1 rings (SSSR count). The van der Waals surface area contributed by atoms with Crippen LogP contribution in [0.4, 0.5) is 4.39 Å². The zero-order chi connectivity index (χ0) is 13.0. The van der Waals surface area contributed by atoms with E-state index in [9.17, 15) is 9.18 Å². The Kier molecular flexibility index (Phi) is 4.63. The van der Waals surface area contributed by atoms with E-state index in [4.69, 9.17) is 5.11 Å². The van der Waals surface area contributed by atoms with Gasteiger partial charge in [0.15, 0.2) is 0 Å². The fraction of sp³-hybridized carbons (Fsp3) is 0.462. The van der Waals surface area contributed by atoms with Crippen LogP contribution in [0.25, 0.3) is 0 Å². The monoisotopic (exact) mass is 239 g/mol. The molecular formula is C13H18FNO2. The zero-order valence-corrected chi connectivity index (χ0v) is 10.4. The van der Waals surface area contributed by atoms with Crippen LogP contribution in [0.1, 0.15) is 34.8 Å². The van der Waals surface area contributed by atoms with Gasteiger partial charge >= 0.3 is 0 Å². The molecule has 0 aliphatic rings. The number of aliphatic hydroxyl groups excluding tert-OH is 1. The first-order valence-electron chi connectivity index (χ1n) is 5.64. The van der Waals surface area contributed by atoms with Crippen molar-refractivity contribution in [3.63, 3.8) is 0 Å². The molecule has 0 fully saturated rings. The van der Waals surface area contributed by atoms with Crippen LogP contribution in [0.15, 0.2) is 12.1 Å². The summed E-state index contributed by atoms with van der Waals surface area (Å²) in [5.74, 6) is -0.512. The molecule has 0 saturated heterocycles. The maximum Gasteiger partial charge on any atom is 0.251 e. The lowest BCUT2D eigenvalue weighted by Gasteiger charge is -2.13. The molecule has 17 heavy (non-hydrogen) atoms. The van der Waals surface area contributed by atoms with E-state index in [0.717, 1.165) is 0 Å². The summed E-state index contributed by atoms with van der Waals surface area (Å²) in [7, 11) is 0. The highest BCUT2D eigenvalue weighted by Gasteiger charge is 2.12. The number of amides is 1. The van der Waals surface area contributed by atoms with E-state index in [2.05, 4.69) is 5.32 Å². The van der Waals surface area contributed by atoms with E-state index in [0.29, 0.717) is 23.1 Å². The minimum absolute atomic E-state index is 0.0307. The minimum Gasteiger partial charge on any atom is -0.396 e. The predicted octanol–water partition coefficient (Wildman–Crippen LogP) is 1.94. The minimum atomic E-state index is -0.273. The van der Waals surface area contributed by atoms with Gasteiger partial charge in [0.2, 0.25) is 0 Å². The van der Waals surface area contributed by atoms with Gasteiger partial charge < -0.3 is 10.4 Å². The molecule has 0 saturated carbocycles. The number of aryl methyl sites for hydroxylation is 2. The first-order valence-corrected chi connectivity index (χ1v) is 5.64. The molecule has 94 valence electrons. The Labute approximate surface area is 101 Å². The Balaban J connectivity index is 2.83. The van der Waals surface area contributed by atoms with Crippen molar-refractivity contribution in [3.05, 3.63) is 34.6 Å². The quantitative estimate of drug-likeness (QED) is 0.843. The van der Waals surface area contributed by atoms with Crippen molar-refractivity contribution >= 4 is 5.91 Å². The number of hydrogen-bond donors (Lipinski definition) is 2. The van der Waals surface area contributed by atoms with E-state index in [-0.39, 0.29) is 24.4 Å². The SMILES string of the molecule is Cc1cc(C(=O)NC(C)CCO)cc(C)c1F. The number of carbonyl (C=O) groups is 1. The van der Waals surface area contributed by atoms with Gasteiger partial charge in [-0.2, -0.15) is 0 Å². The molecule has 0 spiro atoms. The zero-order valence-electron chi connectivity index (χ0n) is 10.4. The fourth-order valence-electron chi connectivity index (χ4n) is 1.65. The standard InChI is InChI=1S/C13H18FNO2/c1-8-6-11(7-9(2)12(8)14)13(17)15-10(3)4-5-16/h6-7,10,16H,4-5H2,1-3H3,(H,15,17). The molecule has 1 aromatic carbocycles. The summed E-state index contributed by atoms with van der Waals surface area (Å²) in [6, 6.07) is 2.96. The first-order chi connectivity index (χ1) is 7.95. The highest BCUT2D eigenvalue weighted by Crippen LogP contribution is 2.14. The van der Waals surface area contributed by atoms with E-state index in [1.165, 1.54) is 12.1 Å². The van der Waals surface area contributed by atoms with Gasteiger partial charge in [-0.1, -0.05) is 0 Å². The number of benzene rings is 1. The van der Waals surface area contributed by atoms with Crippen molar-refractivity contribution in [2.24, 2.45) is 0 Å². The van der Waals surface area contributed by atoms with Gasteiger partial charge in [0.1, 0.15) is 5.82 Å². The molecule has 0 aromatic heterocycles. The average molecular weight is 239 g/mol. The van der Waals surface area contributed by atoms with Crippen LogP contribution in [0, 0.1) is 19.7 Å². The molecule has 0 aliphatic heterocycles. The molecule has 1 aromatic rings. The van der Waals surface area contributed by atoms with Gasteiger partial charge in [-0.3, -0.25) is 4.79 Å². The first kappa shape index (κ1) is 13.6. The molecule has 1 amide bonds. The Morgan fingerprint density at radius 3 is 2.41 bits per heavy atom. The van der Waals surface area contributed by atoms with Crippen LogP contribution in [-0.2, 0) is 0 Å². The second-order valence-corrected chi connectivity index (χ2v) is 4.31. The maximum atomic E-state index is 13.4. The number of halogens is 1. The fourth-order valence-corrected chi connectivity index (χ4v) is 1.65. The van der Waals surface area contributed by atoms with Gasteiger partial charge in [0, 0.05) is 18.2 Å². The molecule has 1 atom stereocenters. The van der Waals surface area contributed by atoms with Gasteiger partial charge in [-0.05, 0) is 50.5 Å². The van der Waals surface area contributed by atoms with Gasteiger partial charge in [0.05, 0.1) is 0 Å². The predicted molar refractivity (Wildman–Crippen MR) is 64.5 cm³/mol. The van der Waals surface area contributed by atoms with Crippen LogP contribution in [-0.4, -0.2) is 23.7 Å². The van der Waals surface area contributed by atoms with Crippen LogP contribution in [0.3, 0.4) is 0 Å². The lowest BCUT2D eigenvalue weighted by Crippen LogP contribution is -2.33. The van der Waals surface area contributed by atoms with E-state index in [1.807, 2.05) is 6.92 Å². The third-order valence-electron chi connectivity index (χ3n) is 2.64. The van der Waals surface area contributed by atoms with Crippen molar-refractivity contribution in [1.29, 1.82) is 0 Å². The van der Waals surface area contributed by atoms with Crippen molar-refractivity contribution in [1.82, 2.24) is 5.32 Å². The Bertz CT molecular complexity index is 395. The Hall–Kier alpha value is -1.42. The highest BCUT2D eigenvalue weighted by atomic mass is 19.1. The lowest BCUT2D eigenvalue weighted by atomic mass is 10.1. The van der Waals surface area contributed by atoms with Crippen LogP contribution >= 0.6 is 0 Å². The van der Waals surface area contributed by atoms with Gasteiger partial charge in [0.25, 0.3) is 5.91 Å². The summed E-state index contributed by atoms with van der Waals surface area (Å²) in [5.41, 5.74) is 1.38. The summed E-state index contributed by atoms with van der Waals surface area (Å²) in [6.07, 6.45) is 0.505. The van der Waals surface area contributed by atoms with Crippen molar-refractivity contribution in [2.45, 2.75) is 33.2 Å². The normalized spacial score (nSPS) is 12.3. The number of nitrogens with one attached hydrogen (secondary N) is 1. The summed E-state index contributed by atoms with van der Waals surface area (Å²) >= 11 is 0. The number of rotatable bonds is 4. The summed E-state index contributed by atoms with van der Waals surface area (Å²) in [6.45, 7) is 5.12. The molecule has 0 aliphatic carbocycles. The molecule has 0 radical (unpaired) electrons. The van der Waals surface area contributed by atoms with E-state index in [1.54, 1.807) is 13.8 Å². The van der Waals surface area contributed by atoms with Gasteiger partial charge in [-0.15, -0.1) is 0 Å². The highest BCUT2D eigenvalue weighted by molar-refractivity contribution is 5.94. The molecule has 1 unspecified atom stereocenters. The molecular weight excluding hydrogens is 221 g/mol. The Morgan fingerprint density at radius 2 is 1.94 bits per heavy atom. The van der Waals surface area contributed by atoms with Crippen LogP contribution in [0.5, 0.6) is 0 Å². The largest absolute Gasteiger partial charge is 0.396 e. The Morgan fingerprint density at radius 1 is 1.41 bits per heavy atom. The third-order valence-corrected chi connectivity index (χ3v) is 2.64. The average Bonchev–Trinajstić information content (AvgIpc) is 2.25. The third kappa shape index (κ3) is 3.53. The van der Waals surface area contributed by atoms with Crippen molar-refractivity contribution in [2.75, 3.05) is 6.61 Å². The lowest BCUT2D eigenvalue weighted by molar-refractivity contribution is 0.0934. The van der Waals surface area contributed by atoms with Crippen LogP contribution in [0.2, 0.25) is 0 Å². The molecule has 0 bridgehead atoms. The van der Waals surface area contributed by atoms with E-state index < -0.39 is 0 Å². The summed E-state index contributed by atoms with van der Waals surface area (Å²) in [4.78, 5) is 11.8. The summed E-state index contributed by atoms with van der Waals surface area (Å²) in [5, 5.41) is 11.5. The van der Waals surface area contributed by atoms with Crippen molar-refractivity contribution in [3.8, 4) is 0 Å². The van der Waals surface area contributed by atoms with Gasteiger partial charge in [-0.25, -0.2) is 4.39 Å². The number of aliphatic hydroxyl groups is 1. The number of carbonyl (C=O) groups excluding carboxylic acids is 1. The second-order valence-electron chi connectivity index (χ2n) is 4.31. The molecule has 2 N–H and O–H groups in total. The second kappa shape index (κ2) is 5.77. The molecule has 3 nitrogen and oxygen atoms in total. The van der Waals surface area contributed by atoms with E-state index >= 15 is 0 Å². The molecule has 0 heterocycles. The summed E-state index contributed by atoms with van der Waals surface area (Å²) < 4.78 is 13.4. The number of hydrogen-bond acceptors (Lipinski definition) is 2. The van der Waals surface area contributed by atoms with Crippen LogP contribution < -0.4 is 5.32 Å². The smallest absolute Gasteiger partial charge is 0.251 e. The maximum absolute atomic E-state index is 13.4.